The van der Waals surface area contributed by atoms with E-state index in [0.29, 0.717) is 31.2 Å². The topological polar surface area (TPSA) is 80.5 Å². The lowest BCUT2D eigenvalue weighted by atomic mass is 10.1. The van der Waals surface area contributed by atoms with Gasteiger partial charge in [-0.2, -0.15) is 0 Å². The summed E-state index contributed by atoms with van der Waals surface area (Å²) in [6.45, 7) is 7.48. The number of hydrogen-bond donors (Lipinski definition) is 1. The molecule has 1 N–H and O–H groups in total. The summed E-state index contributed by atoms with van der Waals surface area (Å²) in [6, 6.07) is 7.54. The van der Waals surface area contributed by atoms with E-state index in [2.05, 4.69) is 20.4 Å². The van der Waals surface area contributed by atoms with Crippen molar-refractivity contribution < 1.29 is 14.1 Å². The van der Waals surface area contributed by atoms with Crippen molar-refractivity contribution >= 4 is 5.91 Å². The zero-order valence-electron chi connectivity index (χ0n) is 14.6. The highest BCUT2D eigenvalue weighted by Gasteiger charge is 2.25. The standard InChI is InChI=1S/C18H24N4O3/c1-13(2)17-11-15(21-25-17)18(23)20-12-16(14-5-3-4-6-19-14)22-7-9-24-10-8-22/h3-6,11,13,16H,7-10,12H2,1-2H3,(H,20,23). The van der Waals surface area contributed by atoms with Crippen molar-refractivity contribution in [3.05, 3.63) is 47.6 Å². The molecule has 1 unspecified atom stereocenters. The monoisotopic (exact) mass is 344 g/mol. The van der Waals surface area contributed by atoms with Crippen LogP contribution in [0.3, 0.4) is 0 Å². The summed E-state index contributed by atoms with van der Waals surface area (Å²) < 4.78 is 10.6. The molecule has 2 aromatic rings. The molecule has 1 amide bonds. The Kier molecular flexibility index (Phi) is 5.78. The zero-order valence-corrected chi connectivity index (χ0v) is 14.6. The fourth-order valence-corrected chi connectivity index (χ4v) is 2.83. The Morgan fingerprint density at radius 3 is 2.76 bits per heavy atom. The van der Waals surface area contributed by atoms with E-state index in [1.165, 1.54) is 0 Å². The second kappa shape index (κ2) is 8.22. The number of nitrogens with one attached hydrogen (secondary N) is 1. The van der Waals surface area contributed by atoms with Gasteiger partial charge in [0.05, 0.1) is 24.9 Å². The third-order valence-electron chi connectivity index (χ3n) is 4.30. The van der Waals surface area contributed by atoms with Crippen LogP contribution in [0.15, 0.2) is 35.0 Å². The summed E-state index contributed by atoms with van der Waals surface area (Å²) in [6.07, 6.45) is 1.77. The number of carbonyl (C=O) groups is 1. The van der Waals surface area contributed by atoms with Gasteiger partial charge in [-0.15, -0.1) is 0 Å². The molecular weight excluding hydrogens is 320 g/mol. The lowest BCUT2D eigenvalue weighted by Gasteiger charge is -2.34. The van der Waals surface area contributed by atoms with E-state index in [9.17, 15) is 4.79 Å². The molecule has 2 aromatic heterocycles. The quantitative estimate of drug-likeness (QED) is 0.863. The van der Waals surface area contributed by atoms with Gasteiger partial charge >= 0.3 is 0 Å². The van der Waals surface area contributed by atoms with E-state index in [4.69, 9.17) is 9.26 Å². The second-order valence-corrected chi connectivity index (χ2v) is 6.40. The van der Waals surface area contributed by atoms with Crippen molar-refractivity contribution in [3.8, 4) is 0 Å². The van der Waals surface area contributed by atoms with Crippen molar-refractivity contribution in [2.75, 3.05) is 32.8 Å². The van der Waals surface area contributed by atoms with Gasteiger partial charge in [-0.05, 0) is 12.1 Å². The number of pyridine rings is 1. The van der Waals surface area contributed by atoms with Crippen LogP contribution in [0, 0.1) is 0 Å². The molecule has 3 heterocycles. The van der Waals surface area contributed by atoms with Crippen molar-refractivity contribution in [3.63, 3.8) is 0 Å². The molecule has 25 heavy (non-hydrogen) atoms. The molecular formula is C18H24N4O3. The minimum atomic E-state index is -0.232. The predicted molar refractivity (Wildman–Crippen MR) is 92.3 cm³/mol. The van der Waals surface area contributed by atoms with Gasteiger partial charge in [-0.25, -0.2) is 0 Å². The molecule has 1 saturated heterocycles. The van der Waals surface area contributed by atoms with E-state index < -0.39 is 0 Å². The zero-order chi connectivity index (χ0) is 17.6. The molecule has 0 bridgehead atoms. The van der Waals surface area contributed by atoms with Crippen LogP contribution >= 0.6 is 0 Å². The summed E-state index contributed by atoms with van der Waals surface area (Å²) in [5.74, 6) is 0.674. The Hall–Kier alpha value is -2.25. The highest BCUT2D eigenvalue weighted by atomic mass is 16.5. The van der Waals surface area contributed by atoms with E-state index in [-0.39, 0.29) is 17.9 Å². The Balaban J connectivity index is 1.68. The first-order valence-electron chi connectivity index (χ1n) is 8.62. The van der Waals surface area contributed by atoms with Gasteiger partial charge in [-0.1, -0.05) is 25.1 Å². The van der Waals surface area contributed by atoms with Crippen LogP contribution in [0.25, 0.3) is 0 Å². The van der Waals surface area contributed by atoms with Crippen molar-refractivity contribution in [2.24, 2.45) is 0 Å². The second-order valence-electron chi connectivity index (χ2n) is 6.40. The van der Waals surface area contributed by atoms with Gasteiger partial charge in [0.15, 0.2) is 5.69 Å². The number of carbonyl (C=O) groups excluding carboxylic acids is 1. The average Bonchev–Trinajstić information content (AvgIpc) is 3.14. The normalized spacial score (nSPS) is 16.8. The first-order valence-corrected chi connectivity index (χ1v) is 8.62. The molecule has 1 atom stereocenters. The molecule has 0 aromatic carbocycles. The van der Waals surface area contributed by atoms with Crippen LogP contribution in [0.1, 0.15) is 47.7 Å². The highest BCUT2D eigenvalue weighted by molar-refractivity contribution is 5.92. The molecule has 134 valence electrons. The minimum absolute atomic E-state index is 0.00511. The number of morpholine rings is 1. The van der Waals surface area contributed by atoms with E-state index in [0.717, 1.165) is 18.8 Å². The van der Waals surface area contributed by atoms with Crippen LogP contribution in [0.2, 0.25) is 0 Å². The first-order chi connectivity index (χ1) is 12.1. The van der Waals surface area contributed by atoms with Gasteiger partial charge in [-0.3, -0.25) is 14.7 Å². The van der Waals surface area contributed by atoms with E-state index in [1.807, 2.05) is 32.0 Å². The van der Waals surface area contributed by atoms with Gasteiger partial charge in [0.1, 0.15) is 5.76 Å². The van der Waals surface area contributed by atoms with Crippen molar-refractivity contribution in [1.29, 1.82) is 0 Å². The average molecular weight is 344 g/mol. The van der Waals surface area contributed by atoms with Crippen LogP contribution in [0.5, 0.6) is 0 Å². The van der Waals surface area contributed by atoms with Crippen molar-refractivity contribution in [2.45, 2.75) is 25.8 Å². The summed E-state index contributed by atoms with van der Waals surface area (Å²) in [4.78, 5) is 19.2. The number of rotatable bonds is 6. The maximum atomic E-state index is 12.4. The molecule has 0 aliphatic carbocycles. The maximum absolute atomic E-state index is 12.4. The number of aromatic nitrogens is 2. The maximum Gasteiger partial charge on any atom is 0.273 e. The fourth-order valence-electron chi connectivity index (χ4n) is 2.83. The molecule has 0 spiro atoms. The lowest BCUT2D eigenvalue weighted by molar-refractivity contribution is 0.0153. The number of ether oxygens (including phenoxy) is 1. The number of amides is 1. The summed E-state index contributed by atoms with van der Waals surface area (Å²) >= 11 is 0. The van der Waals surface area contributed by atoms with Crippen LogP contribution < -0.4 is 5.32 Å². The molecule has 3 rings (SSSR count). The van der Waals surface area contributed by atoms with Crippen molar-refractivity contribution in [1.82, 2.24) is 20.4 Å². The number of hydrogen-bond acceptors (Lipinski definition) is 6. The highest BCUT2D eigenvalue weighted by Crippen LogP contribution is 2.20. The lowest BCUT2D eigenvalue weighted by Crippen LogP contribution is -2.44. The van der Waals surface area contributed by atoms with Gasteiger partial charge in [0.2, 0.25) is 0 Å². The minimum Gasteiger partial charge on any atom is -0.379 e. The predicted octanol–water partition coefficient (Wildman–Crippen LogP) is 2.00. The van der Waals surface area contributed by atoms with Crippen LogP contribution in [0.4, 0.5) is 0 Å². The molecule has 0 radical (unpaired) electrons. The Morgan fingerprint density at radius 2 is 2.12 bits per heavy atom. The molecule has 0 saturated carbocycles. The summed E-state index contributed by atoms with van der Waals surface area (Å²) in [5, 5.41) is 6.83. The van der Waals surface area contributed by atoms with Gasteiger partial charge in [0, 0.05) is 37.8 Å². The summed E-state index contributed by atoms with van der Waals surface area (Å²) in [7, 11) is 0. The number of nitrogens with zero attached hydrogens (tertiary/aromatic N) is 3. The third-order valence-corrected chi connectivity index (χ3v) is 4.30. The molecule has 7 heteroatoms. The Morgan fingerprint density at radius 1 is 1.32 bits per heavy atom. The van der Waals surface area contributed by atoms with Gasteiger partial charge in [0.25, 0.3) is 5.91 Å². The third kappa shape index (κ3) is 4.43. The molecule has 1 fully saturated rings. The SMILES string of the molecule is CC(C)c1cc(C(=O)NCC(c2ccccn2)N2CCOCC2)no1. The Bertz CT molecular complexity index is 681. The molecule has 1 aliphatic rings. The first kappa shape index (κ1) is 17.6. The van der Waals surface area contributed by atoms with E-state index in [1.54, 1.807) is 12.3 Å². The summed E-state index contributed by atoms with van der Waals surface area (Å²) in [5.41, 5.74) is 1.25. The smallest absolute Gasteiger partial charge is 0.273 e. The molecule has 1 aliphatic heterocycles. The molecule has 7 nitrogen and oxygen atoms in total. The van der Waals surface area contributed by atoms with Crippen LogP contribution in [-0.2, 0) is 4.74 Å². The largest absolute Gasteiger partial charge is 0.379 e. The van der Waals surface area contributed by atoms with E-state index >= 15 is 0 Å². The van der Waals surface area contributed by atoms with Crippen LogP contribution in [-0.4, -0.2) is 53.8 Å². The van der Waals surface area contributed by atoms with Gasteiger partial charge < -0.3 is 14.6 Å². The fraction of sp³-hybridized carbons (Fsp3) is 0.500. The Labute approximate surface area is 147 Å².